The maximum Gasteiger partial charge on any atom is 0.162 e. The number of aliphatic imine (C=N–C) groups is 1. The number of fused-ring (bicyclic) bond motifs is 1. The number of nitrogens with zero attached hydrogens (tertiary/aromatic N) is 2. The van der Waals surface area contributed by atoms with Crippen molar-refractivity contribution in [1.82, 2.24) is 4.90 Å². The zero-order valence-corrected chi connectivity index (χ0v) is 11.2. The minimum atomic E-state index is -1.10. The van der Waals surface area contributed by atoms with Crippen LogP contribution in [0.1, 0.15) is 0 Å². The van der Waals surface area contributed by atoms with Crippen molar-refractivity contribution in [2.75, 3.05) is 32.9 Å². The molecule has 3 aliphatic rings. The van der Waals surface area contributed by atoms with E-state index in [4.69, 9.17) is 14.6 Å². The van der Waals surface area contributed by atoms with E-state index < -0.39 is 24.4 Å². The summed E-state index contributed by atoms with van der Waals surface area (Å²) in [5.74, 6) is 0. The molecule has 0 bridgehead atoms. The fraction of sp³-hybridized carbons (Fsp3) is 0.909. The molecule has 2 saturated heterocycles. The van der Waals surface area contributed by atoms with Gasteiger partial charge in [-0.2, -0.15) is 0 Å². The van der Waals surface area contributed by atoms with E-state index in [-0.39, 0.29) is 12.0 Å². The van der Waals surface area contributed by atoms with Crippen LogP contribution in [0.2, 0.25) is 0 Å². The first-order valence-electron chi connectivity index (χ1n) is 6.40. The molecular formula is C11H18N2O5S. The van der Waals surface area contributed by atoms with Gasteiger partial charge >= 0.3 is 0 Å². The Morgan fingerprint density at radius 1 is 1.26 bits per heavy atom. The number of hydrogen-bond acceptors (Lipinski definition) is 8. The molecule has 3 aliphatic heterocycles. The SMILES string of the molecule is OCC1OC2SC(N3CCOCC3)=NC2C(O)C1O. The number of rotatable bonds is 1. The van der Waals surface area contributed by atoms with Crippen LogP contribution in [0.15, 0.2) is 4.99 Å². The molecule has 8 heteroatoms. The van der Waals surface area contributed by atoms with Crippen molar-refractivity contribution in [2.24, 2.45) is 4.99 Å². The minimum absolute atomic E-state index is 0.311. The number of aliphatic hydroxyl groups excluding tert-OH is 3. The van der Waals surface area contributed by atoms with Crippen molar-refractivity contribution in [3.63, 3.8) is 0 Å². The monoisotopic (exact) mass is 290 g/mol. The third kappa shape index (κ3) is 2.48. The molecule has 3 N–H and O–H groups in total. The third-order valence-corrected chi connectivity index (χ3v) is 4.81. The van der Waals surface area contributed by atoms with E-state index in [2.05, 4.69) is 9.89 Å². The number of aliphatic hydroxyl groups is 3. The van der Waals surface area contributed by atoms with Crippen LogP contribution < -0.4 is 0 Å². The second-order valence-electron chi connectivity index (χ2n) is 4.83. The summed E-state index contributed by atoms with van der Waals surface area (Å²) in [7, 11) is 0. The molecule has 7 nitrogen and oxygen atoms in total. The van der Waals surface area contributed by atoms with Crippen molar-refractivity contribution in [3.05, 3.63) is 0 Å². The van der Waals surface area contributed by atoms with Gasteiger partial charge in [0.15, 0.2) is 5.17 Å². The normalized spacial score (nSPS) is 43.0. The Labute approximate surface area is 115 Å². The molecule has 0 aromatic carbocycles. The highest BCUT2D eigenvalue weighted by Crippen LogP contribution is 2.37. The lowest BCUT2D eigenvalue weighted by molar-refractivity contribution is -0.164. The van der Waals surface area contributed by atoms with E-state index in [0.29, 0.717) is 13.2 Å². The molecule has 5 unspecified atom stereocenters. The molecule has 0 aromatic rings. The number of hydrogen-bond donors (Lipinski definition) is 3. The Balaban J connectivity index is 1.72. The highest BCUT2D eigenvalue weighted by Gasteiger charge is 2.48. The zero-order chi connectivity index (χ0) is 13.4. The van der Waals surface area contributed by atoms with Gasteiger partial charge in [0.05, 0.1) is 19.8 Å². The molecule has 108 valence electrons. The van der Waals surface area contributed by atoms with Gasteiger partial charge in [-0.15, -0.1) is 0 Å². The summed E-state index contributed by atoms with van der Waals surface area (Å²) < 4.78 is 10.9. The van der Waals surface area contributed by atoms with E-state index in [1.807, 2.05) is 0 Å². The van der Waals surface area contributed by atoms with Gasteiger partial charge in [-0.05, 0) is 0 Å². The quantitative estimate of drug-likeness (QED) is 0.526. The van der Waals surface area contributed by atoms with Crippen molar-refractivity contribution >= 4 is 16.9 Å². The number of thioether (sulfide) groups is 1. The standard InChI is InChI=1S/C11H18N2O5S/c14-5-6-8(15)9(16)7-10(18-6)19-11(12-7)13-1-3-17-4-2-13/h6-10,14-16H,1-5H2. The lowest BCUT2D eigenvalue weighted by atomic mass is 9.99. The van der Waals surface area contributed by atoms with Crippen molar-refractivity contribution in [1.29, 1.82) is 0 Å². The fourth-order valence-electron chi connectivity index (χ4n) is 2.47. The Bertz CT molecular complexity index is 363. The van der Waals surface area contributed by atoms with E-state index in [1.165, 1.54) is 11.8 Å². The predicted molar refractivity (Wildman–Crippen MR) is 69.0 cm³/mol. The van der Waals surface area contributed by atoms with E-state index in [1.54, 1.807) is 0 Å². The van der Waals surface area contributed by atoms with Crippen LogP contribution in [0.5, 0.6) is 0 Å². The molecule has 0 aliphatic carbocycles. The number of ether oxygens (including phenoxy) is 2. The van der Waals surface area contributed by atoms with Gasteiger partial charge in [0, 0.05) is 13.1 Å². The summed E-state index contributed by atoms with van der Waals surface area (Å²) >= 11 is 1.44. The molecular weight excluding hydrogens is 272 g/mol. The van der Waals surface area contributed by atoms with Crippen LogP contribution in [-0.2, 0) is 9.47 Å². The third-order valence-electron chi connectivity index (χ3n) is 3.61. The van der Waals surface area contributed by atoms with Gasteiger partial charge in [0.1, 0.15) is 29.8 Å². The molecule has 3 heterocycles. The van der Waals surface area contributed by atoms with Crippen LogP contribution >= 0.6 is 11.8 Å². The van der Waals surface area contributed by atoms with Crippen LogP contribution in [0.4, 0.5) is 0 Å². The summed E-state index contributed by atoms with van der Waals surface area (Å²) in [6.07, 6.45) is -2.84. The second-order valence-corrected chi connectivity index (χ2v) is 5.89. The minimum Gasteiger partial charge on any atom is -0.394 e. The van der Waals surface area contributed by atoms with Crippen LogP contribution in [-0.4, -0.2) is 88.1 Å². The lowest BCUT2D eigenvalue weighted by Crippen LogP contribution is -2.55. The van der Waals surface area contributed by atoms with E-state index in [0.717, 1.165) is 18.3 Å². The molecule has 0 spiro atoms. The highest BCUT2D eigenvalue weighted by atomic mass is 32.2. The summed E-state index contributed by atoms with van der Waals surface area (Å²) in [5.41, 5.74) is -0.339. The summed E-state index contributed by atoms with van der Waals surface area (Å²) in [5, 5.41) is 29.9. The summed E-state index contributed by atoms with van der Waals surface area (Å²) in [6.45, 7) is 2.57. The summed E-state index contributed by atoms with van der Waals surface area (Å²) in [6, 6.07) is -0.472. The molecule has 0 amide bonds. The Hall–Kier alpha value is -0.380. The van der Waals surface area contributed by atoms with E-state index >= 15 is 0 Å². The first-order chi connectivity index (χ1) is 9.20. The summed E-state index contributed by atoms with van der Waals surface area (Å²) in [4.78, 5) is 6.57. The molecule has 0 saturated carbocycles. The van der Waals surface area contributed by atoms with Crippen molar-refractivity contribution < 1.29 is 24.8 Å². The maximum absolute atomic E-state index is 10.1. The largest absolute Gasteiger partial charge is 0.394 e. The van der Waals surface area contributed by atoms with Gasteiger partial charge in [-0.1, -0.05) is 11.8 Å². The van der Waals surface area contributed by atoms with Gasteiger partial charge in [-0.3, -0.25) is 4.99 Å². The van der Waals surface area contributed by atoms with Crippen LogP contribution in [0.3, 0.4) is 0 Å². The molecule has 0 radical (unpaired) electrons. The Morgan fingerprint density at radius 3 is 2.68 bits per heavy atom. The fourth-order valence-corrected chi connectivity index (χ4v) is 3.76. The second kappa shape index (κ2) is 5.55. The molecule has 0 aromatic heterocycles. The zero-order valence-electron chi connectivity index (χ0n) is 10.4. The topological polar surface area (TPSA) is 94.8 Å². The smallest absolute Gasteiger partial charge is 0.162 e. The average Bonchev–Trinajstić information content (AvgIpc) is 2.88. The molecule has 3 rings (SSSR count). The van der Waals surface area contributed by atoms with Crippen LogP contribution in [0.25, 0.3) is 0 Å². The molecule has 19 heavy (non-hydrogen) atoms. The van der Waals surface area contributed by atoms with E-state index in [9.17, 15) is 10.2 Å². The first-order valence-corrected chi connectivity index (χ1v) is 7.28. The lowest BCUT2D eigenvalue weighted by Gasteiger charge is -2.37. The van der Waals surface area contributed by atoms with Gasteiger partial charge in [0.25, 0.3) is 0 Å². The van der Waals surface area contributed by atoms with Crippen molar-refractivity contribution in [3.8, 4) is 0 Å². The first kappa shape index (κ1) is 13.6. The molecule has 2 fully saturated rings. The maximum atomic E-state index is 10.1. The molecule has 5 atom stereocenters. The Kier molecular flexibility index (Phi) is 3.97. The van der Waals surface area contributed by atoms with Gasteiger partial charge in [-0.25, -0.2) is 0 Å². The highest BCUT2D eigenvalue weighted by molar-refractivity contribution is 8.14. The number of morpholine rings is 1. The van der Waals surface area contributed by atoms with Crippen molar-refractivity contribution in [2.45, 2.75) is 29.8 Å². The van der Waals surface area contributed by atoms with Gasteiger partial charge in [0.2, 0.25) is 0 Å². The predicted octanol–water partition coefficient (Wildman–Crippen LogP) is -1.77. The average molecular weight is 290 g/mol. The number of amidine groups is 1. The van der Waals surface area contributed by atoms with Gasteiger partial charge < -0.3 is 29.7 Å². The Morgan fingerprint density at radius 2 is 2.00 bits per heavy atom. The van der Waals surface area contributed by atoms with Crippen LogP contribution in [0, 0.1) is 0 Å².